The average Bonchev–Trinajstić information content (AvgIpc) is 2.84. The average molecular weight is 239 g/mol. The van der Waals surface area contributed by atoms with E-state index in [0.717, 1.165) is 12.4 Å². The van der Waals surface area contributed by atoms with E-state index in [-0.39, 0.29) is 6.03 Å². The lowest BCUT2D eigenvalue weighted by molar-refractivity contribution is 0.0531. The van der Waals surface area contributed by atoms with Crippen LogP contribution in [0.3, 0.4) is 0 Å². The number of amides is 2. The fraction of sp³-hybridized carbons (Fsp3) is 0.700. The number of nitrogens with one attached hydrogen (secondary N) is 1. The van der Waals surface area contributed by atoms with Crippen molar-refractivity contribution in [3.05, 3.63) is 12.2 Å². The molecule has 0 saturated carbocycles. The monoisotopic (exact) mass is 239 g/mol. The molecule has 1 aromatic heterocycles. The van der Waals surface area contributed by atoms with Crippen molar-refractivity contribution in [1.29, 1.82) is 0 Å². The van der Waals surface area contributed by atoms with E-state index in [0.29, 0.717) is 32.8 Å². The van der Waals surface area contributed by atoms with Crippen molar-refractivity contribution < 1.29 is 9.53 Å². The minimum atomic E-state index is -0.0704. The van der Waals surface area contributed by atoms with Gasteiger partial charge in [0.25, 0.3) is 0 Å². The maximum Gasteiger partial charge on any atom is 0.317 e. The molecule has 2 amide bonds. The third-order valence-electron chi connectivity index (χ3n) is 2.73. The van der Waals surface area contributed by atoms with Crippen molar-refractivity contribution in [2.75, 3.05) is 26.3 Å². The summed E-state index contributed by atoms with van der Waals surface area (Å²) in [7, 11) is 0. The summed E-state index contributed by atoms with van der Waals surface area (Å²) in [4.78, 5) is 13.5. The lowest BCUT2D eigenvalue weighted by Gasteiger charge is -2.26. The lowest BCUT2D eigenvalue weighted by atomic mass is 10.4. The molecule has 1 saturated heterocycles. The molecule has 94 valence electrons. The molecular weight excluding hydrogens is 222 g/mol. The highest BCUT2D eigenvalue weighted by molar-refractivity contribution is 5.74. The van der Waals surface area contributed by atoms with E-state index in [1.54, 1.807) is 11.2 Å². The second kappa shape index (κ2) is 5.62. The Morgan fingerprint density at radius 2 is 2.29 bits per heavy atom. The van der Waals surface area contributed by atoms with Gasteiger partial charge in [0.2, 0.25) is 0 Å². The molecule has 1 aliphatic heterocycles. The highest BCUT2D eigenvalue weighted by Gasteiger charge is 2.16. The first kappa shape index (κ1) is 11.8. The molecule has 1 fully saturated rings. The number of carbonyl (C=O) groups excluding carboxylic acids is 1. The van der Waals surface area contributed by atoms with Gasteiger partial charge in [-0.15, -0.1) is 10.2 Å². The number of nitrogens with zero attached hydrogens (tertiary/aromatic N) is 4. The fourth-order valence-electron chi connectivity index (χ4n) is 1.71. The number of hydrogen-bond donors (Lipinski definition) is 1. The summed E-state index contributed by atoms with van der Waals surface area (Å²) in [5.74, 6) is 0.772. The molecule has 2 rings (SSSR count). The van der Waals surface area contributed by atoms with Crippen LogP contribution >= 0.6 is 0 Å². The number of ether oxygens (including phenoxy) is 1. The van der Waals surface area contributed by atoms with Crippen molar-refractivity contribution in [3.63, 3.8) is 0 Å². The minimum Gasteiger partial charge on any atom is -0.378 e. The van der Waals surface area contributed by atoms with Gasteiger partial charge in [0.05, 0.1) is 19.8 Å². The molecule has 0 unspecified atom stereocenters. The largest absolute Gasteiger partial charge is 0.378 e. The van der Waals surface area contributed by atoms with E-state index >= 15 is 0 Å². The summed E-state index contributed by atoms with van der Waals surface area (Å²) in [5.41, 5.74) is 0. The summed E-state index contributed by atoms with van der Waals surface area (Å²) in [6.07, 6.45) is 1.66. The van der Waals surface area contributed by atoms with Gasteiger partial charge in [0.15, 0.2) is 5.82 Å². The number of aromatic nitrogens is 3. The van der Waals surface area contributed by atoms with Crippen LogP contribution in [0.2, 0.25) is 0 Å². The standard InChI is InChI=1S/C10H17N5O2/c1-2-14-8-12-13-9(14)7-11-10(16)15-3-5-17-6-4-15/h8H,2-7H2,1H3,(H,11,16). The smallest absolute Gasteiger partial charge is 0.317 e. The molecule has 2 heterocycles. The van der Waals surface area contributed by atoms with Crippen LogP contribution in [0.4, 0.5) is 4.79 Å². The minimum absolute atomic E-state index is 0.0704. The number of aryl methyl sites for hydroxylation is 1. The normalized spacial score (nSPS) is 15.9. The molecule has 0 spiro atoms. The van der Waals surface area contributed by atoms with E-state index < -0.39 is 0 Å². The quantitative estimate of drug-likeness (QED) is 0.795. The summed E-state index contributed by atoms with van der Waals surface area (Å²) in [6.45, 7) is 5.73. The molecule has 1 aromatic rings. The van der Waals surface area contributed by atoms with Crippen LogP contribution in [0.25, 0.3) is 0 Å². The predicted octanol–water partition coefficient (Wildman–Crippen LogP) is -0.160. The Morgan fingerprint density at radius 1 is 1.53 bits per heavy atom. The third-order valence-corrected chi connectivity index (χ3v) is 2.73. The zero-order valence-corrected chi connectivity index (χ0v) is 9.93. The van der Waals surface area contributed by atoms with Gasteiger partial charge in [-0.1, -0.05) is 0 Å². The Balaban J connectivity index is 1.83. The lowest BCUT2D eigenvalue weighted by Crippen LogP contribution is -2.46. The Labute approximate surface area is 99.8 Å². The van der Waals surface area contributed by atoms with Crippen LogP contribution in [0, 0.1) is 0 Å². The summed E-state index contributed by atoms with van der Waals surface area (Å²) in [5, 5.41) is 10.6. The maximum atomic E-state index is 11.8. The number of rotatable bonds is 3. The molecule has 0 atom stereocenters. The van der Waals surface area contributed by atoms with Gasteiger partial charge < -0.3 is 19.5 Å². The van der Waals surface area contributed by atoms with Crippen LogP contribution < -0.4 is 5.32 Å². The molecule has 0 aliphatic carbocycles. The summed E-state index contributed by atoms with van der Waals surface area (Å²) in [6, 6.07) is -0.0704. The first-order chi connectivity index (χ1) is 8.31. The zero-order valence-electron chi connectivity index (χ0n) is 9.93. The van der Waals surface area contributed by atoms with Gasteiger partial charge in [-0.25, -0.2) is 4.79 Å². The third kappa shape index (κ3) is 2.94. The molecule has 0 radical (unpaired) electrons. The number of morpholine rings is 1. The van der Waals surface area contributed by atoms with Crippen LogP contribution in [0.1, 0.15) is 12.7 Å². The molecule has 0 bridgehead atoms. The topological polar surface area (TPSA) is 72.3 Å². The van der Waals surface area contributed by atoms with Crippen molar-refractivity contribution in [2.45, 2.75) is 20.0 Å². The van der Waals surface area contributed by atoms with Gasteiger partial charge in [-0.3, -0.25) is 0 Å². The van der Waals surface area contributed by atoms with Gasteiger partial charge in [-0.05, 0) is 6.92 Å². The predicted molar refractivity (Wildman–Crippen MR) is 60.3 cm³/mol. The van der Waals surface area contributed by atoms with Gasteiger partial charge in [0.1, 0.15) is 6.33 Å². The zero-order chi connectivity index (χ0) is 12.1. The van der Waals surface area contributed by atoms with Crippen LogP contribution in [-0.4, -0.2) is 52.0 Å². The van der Waals surface area contributed by atoms with E-state index in [1.165, 1.54) is 0 Å². The molecule has 1 aliphatic rings. The van der Waals surface area contributed by atoms with Gasteiger partial charge in [0, 0.05) is 19.6 Å². The number of hydrogen-bond acceptors (Lipinski definition) is 4. The Kier molecular flexibility index (Phi) is 3.92. The van der Waals surface area contributed by atoms with Gasteiger partial charge >= 0.3 is 6.03 Å². The second-order valence-electron chi connectivity index (χ2n) is 3.79. The molecular formula is C10H17N5O2. The highest BCUT2D eigenvalue weighted by atomic mass is 16.5. The first-order valence-electron chi connectivity index (χ1n) is 5.78. The van der Waals surface area contributed by atoms with Crippen molar-refractivity contribution in [2.24, 2.45) is 0 Å². The SMILES string of the molecule is CCn1cnnc1CNC(=O)N1CCOCC1. The van der Waals surface area contributed by atoms with Crippen molar-refractivity contribution in [1.82, 2.24) is 25.0 Å². The highest BCUT2D eigenvalue weighted by Crippen LogP contribution is 1.99. The fourth-order valence-corrected chi connectivity index (χ4v) is 1.71. The van der Waals surface area contributed by atoms with E-state index in [2.05, 4.69) is 15.5 Å². The molecule has 0 aromatic carbocycles. The first-order valence-corrected chi connectivity index (χ1v) is 5.78. The van der Waals surface area contributed by atoms with Crippen LogP contribution in [0.5, 0.6) is 0 Å². The number of carbonyl (C=O) groups is 1. The van der Waals surface area contributed by atoms with Crippen molar-refractivity contribution in [3.8, 4) is 0 Å². The van der Waals surface area contributed by atoms with Crippen LogP contribution in [-0.2, 0) is 17.8 Å². The number of urea groups is 1. The van der Waals surface area contributed by atoms with Crippen LogP contribution in [0.15, 0.2) is 6.33 Å². The summed E-state index contributed by atoms with van der Waals surface area (Å²) < 4.78 is 7.09. The Hall–Kier alpha value is -1.63. The van der Waals surface area contributed by atoms with E-state index in [4.69, 9.17) is 4.74 Å². The molecule has 7 nitrogen and oxygen atoms in total. The Morgan fingerprint density at radius 3 is 3.00 bits per heavy atom. The van der Waals surface area contributed by atoms with E-state index in [1.807, 2.05) is 11.5 Å². The Bertz CT molecular complexity index is 373. The van der Waals surface area contributed by atoms with E-state index in [9.17, 15) is 4.79 Å². The molecule has 7 heteroatoms. The molecule has 1 N–H and O–H groups in total. The van der Waals surface area contributed by atoms with Gasteiger partial charge in [-0.2, -0.15) is 0 Å². The maximum absolute atomic E-state index is 11.8. The second-order valence-corrected chi connectivity index (χ2v) is 3.79. The van der Waals surface area contributed by atoms with Crippen molar-refractivity contribution >= 4 is 6.03 Å². The summed E-state index contributed by atoms with van der Waals surface area (Å²) >= 11 is 0. The molecule has 17 heavy (non-hydrogen) atoms.